The topological polar surface area (TPSA) is 59.1 Å². The first-order valence-corrected chi connectivity index (χ1v) is 8.61. The van der Waals surface area contributed by atoms with E-state index in [0.717, 1.165) is 17.0 Å². The molecule has 0 spiro atoms. The van der Waals surface area contributed by atoms with Crippen LogP contribution >= 0.6 is 22.9 Å². The van der Waals surface area contributed by atoms with E-state index in [4.69, 9.17) is 11.6 Å². The number of hydrogen-bond acceptors (Lipinski definition) is 4. The Balaban J connectivity index is 2.31. The molecule has 1 N–H and O–H groups in total. The SMILES string of the molecule is CC(C)(C)c1cc(NS(=O)(=O)c2ccc(Cl)s2)ccn1. The lowest BCUT2D eigenvalue weighted by Crippen LogP contribution is -2.16. The number of anilines is 1. The molecule has 0 aliphatic carbocycles. The summed E-state index contributed by atoms with van der Waals surface area (Å²) >= 11 is 6.79. The van der Waals surface area contributed by atoms with Crippen LogP contribution in [-0.2, 0) is 15.4 Å². The molecule has 0 amide bonds. The average molecular weight is 331 g/mol. The summed E-state index contributed by atoms with van der Waals surface area (Å²) < 4.78 is 27.6. The number of rotatable bonds is 3. The van der Waals surface area contributed by atoms with Crippen LogP contribution in [0.1, 0.15) is 26.5 Å². The van der Waals surface area contributed by atoms with Crippen molar-refractivity contribution in [1.82, 2.24) is 4.98 Å². The molecule has 0 saturated heterocycles. The fourth-order valence-electron chi connectivity index (χ4n) is 1.55. The van der Waals surface area contributed by atoms with Gasteiger partial charge in [0, 0.05) is 17.3 Å². The van der Waals surface area contributed by atoms with Crippen LogP contribution in [0.15, 0.2) is 34.7 Å². The van der Waals surface area contributed by atoms with Gasteiger partial charge in [0.15, 0.2) is 0 Å². The van der Waals surface area contributed by atoms with Crippen LogP contribution in [0.2, 0.25) is 4.34 Å². The van der Waals surface area contributed by atoms with Crippen LogP contribution in [0.4, 0.5) is 5.69 Å². The molecule has 0 bridgehead atoms. The normalized spacial score (nSPS) is 12.4. The van der Waals surface area contributed by atoms with Crippen molar-refractivity contribution in [2.75, 3.05) is 4.72 Å². The van der Waals surface area contributed by atoms with Gasteiger partial charge in [-0.15, -0.1) is 11.3 Å². The van der Waals surface area contributed by atoms with Crippen molar-refractivity contribution in [3.8, 4) is 0 Å². The summed E-state index contributed by atoms with van der Waals surface area (Å²) in [6, 6.07) is 6.42. The number of nitrogens with zero attached hydrogens (tertiary/aromatic N) is 1. The van der Waals surface area contributed by atoms with Gasteiger partial charge in [-0.1, -0.05) is 32.4 Å². The van der Waals surface area contributed by atoms with Crippen LogP contribution in [0.5, 0.6) is 0 Å². The van der Waals surface area contributed by atoms with Crippen molar-refractivity contribution in [3.63, 3.8) is 0 Å². The summed E-state index contributed by atoms with van der Waals surface area (Å²) in [5, 5.41) is 0. The number of sulfonamides is 1. The maximum absolute atomic E-state index is 12.2. The quantitative estimate of drug-likeness (QED) is 0.928. The largest absolute Gasteiger partial charge is 0.279 e. The number of pyridine rings is 1. The molecule has 0 unspecified atom stereocenters. The maximum atomic E-state index is 12.2. The Kier molecular flexibility index (Phi) is 4.09. The molecular formula is C13H15ClN2O2S2. The predicted octanol–water partition coefficient (Wildman–Crippen LogP) is 3.89. The number of nitrogens with one attached hydrogen (secondary N) is 1. The Bertz CT molecular complexity index is 718. The van der Waals surface area contributed by atoms with Gasteiger partial charge in [0.25, 0.3) is 10.0 Å². The Morgan fingerprint density at radius 2 is 1.95 bits per heavy atom. The average Bonchev–Trinajstić information content (AvgIpc) is 2.75. The minimum absolute atomic E-state index is 0.145. The number of halogens is 1. The first kappa shape index (κ1) is 15.3. The minimum Gasteiger partial charge on any atom is -0.279 e. The van der Waals surface area contributed by atoms with Crippen LogP contribution in [0.3, 0.4) is 0 Å². The molecule has 0 fully saturated rings. The fourth-order valence-corrected chi connectivity index (χ4v) is 4.08. The Hall–Kier alpha value is -1.11. The van der Waals surface area contributed by atoms with Crippen LogP contribution in [0, 0.1) is 0 Å². The summed E-state index contributed by atoms with van der Waals surface area (Å²) in [7, 11) is -3.60. The molecule has 20 heavy (non-hydrogen) atoms. The summed E-state index contributed by atoms with van der Waals surface area (Å²) in [4.78, 5) is 4.26. The molecule has 0 radical (unpaired) electrons. The maximum Gasteiger partial charge on any atom is 0.271 e. The Morgan fingerprint density at radius 1 is 1.25 bits per heavy atom. The van der Waals surface area contributed by atoms with Gasteiger partial charge in [-0.3, -0.25) is 9.71 Å². The minimum atomic E-state index is -3.60. The van der Waals surface area contributed by atoms with E-state index in [1.165, 1.54) is 6.07 Å². The van der Waals surface area contributed by atoms with Crippen molar-refractivity contribution in [1.29, 1.82) is 0 Å². The van der Waals surface area contributed by atoms with Gasteiger partial charge in [-0.05, 0) is 24.3 Å². The molecular weight excluding hydrogens is 316 g/mol. The highest BCUT2D eigenvalue weighted by atomic mass is 35.5. The van der Waals surface area contributed by atoms with Crippen molar-refractivity contribution in [2.24, 2.45) is 0 Å². The lowest BCUT2D eigenvalue weighted by molar-refractivity contribution is 0.569. The molecule has 0 aliphatic heterocycles. The van der Waals surface area contributed by atoms with Crippen LogP contribution in [-0.4, -0.2) is 13.4 Å². The summed E-state index contributed by atoms with van der Waals surface area (Å²) in [5.41, 5.74) is 1.17. The van der Waals surface area contributed by atoms with Gasteiger partial charge < -0.3 is 0 Å². The van der Waals surface area contributed by atoms with E-state index in [1.54, 1.807) is 24.4 Å². The van der Waals surface area contributed by atoms with Gasteiger partial charge in [0.2, 0.25) is 0 Å². The third-order valence-electron chi connectivity index (χ3n) is 2.59. The zero-order chi connectivity index (χ0) is 15.0. The van der Waals surface area contributed by atoms with Gasteiger partial charge in [0.1, 0.15) is 4.21 Å². The van der Waals surface area contributed by atoms with Crippen molar-refractivity contribution < 1.29 is 8.42 Å². The molecule has 2 heterocycles. The monoisotopic (exact) mass is 330 g/mol. The van der Waals surface area contributed by atoms with Crippen LogP contribution < -0.4 is 4.72 Å². The van der Waals surface area contributed by atoms with E-state index in [1.807, 2.05) is 20.8 Å². The Labute approximate surface area is 127 Å². The molecule has 4 nitrogen and oxygen atoms in total. The van der Waals surface area contributed by atoms with E-state index in [0.29, 0.717) is 10.0 Å². The molecule has 2 rings (SSSR count). The molecule has 2 aromatic rings. The highest BCUT2D eigenvalue weighted by molar-refractivity contribution is 7.94. The van der Waals surface area contributed by atoms with Crippen molar-refractivity contribution in [3.05, 3.63) is 40.5 Å². The number of aromatic nitrogens is 1. The van der Waals surface area contributed by atoms with Crippen LogP contribution in [0.25, 0.3) is 0 Å². The Morgan fingerprint density at radius 3 is 2.50 bits per heavy atom. The second-order valence-electron chi connectivity index (χ2n) is 5.34. The highest BCUT2D eigenvalue weighted by Crippen LogP contribution is 2.28. The van der Waals surface area contributed by atoms with Gasteiger partial charge in [0.05, 0.1) is 10.0 Å². The molecule has 7 heteroatoms. The van der Waals surface area contributed by atoms with Crippen molar-refractivity contribution >= 4 is 38.6 Å². The molecule has 0 aromatic carbocycles. The summed E-state index contributed by atoms with van der Waals surface area (Å²) in [5.74, 6) is 0. The second kappa shape index (κ2) is 5.35. The van der Waals surface area contributed by atoms with E-state index in [2.05, 4.69) is 9.71 Å². The van der Waals surface area contributed by atoms with Gasteiger partial charge >= 0.3 is 0 Å². The smallest absolute Gasteiger partial charge is 0.271 e. The zero-order valence-electron chi connectivity index (χ0n) is 11.3. The van der Waals surface area contributed by atoms with Gasteiger partial charge in [-0.25, -0.2) is 8.42 Å². The van der Waals surface area contributed by atoms with Gasteiger partial charge in [-0.2, -0.15) is 0 Å². The van der Waals surface area contributed by atoms with E-state index < -0.39 is 10.0 Å². The fraction of sp³-hybridized carbons (Fsp3) is 0.308. The molecule has 0 aliphatic rings. The lowest BCUT2D eigenvalue weighted by Gasteiger charge is -2.18. The lowest BCUT2D eigenvalue weighted by atomic mass is 9.91. The number of hydrogen-bond donors (Lipinski definition) is 1. The van der Waals surface area contributed by atoms with E-state index >= 15 is 0 Å². The zero-order valence-corrected chi connectivity index (χ0v) is 13.7. The first-order chi connectivity index (χ1) is 9.18. The standard InChI is InChI=1S/C13H15ClN2O2S2/c1-13(2,3)10-8-9(6-7-15-10)16-20(17,18)12-5-4-11(14)19-12/h4-8H,1-3H3,(H,15,16). The molecule has 108 valence electrons. The summed E-state index contributed by atoms with van der Waals surface area (Å²) in [6.45, 7) is 6.06. The molecule has 0 atom stereocenters. The van der Waals surface area contributed by atoms with E-state index in [9.17, 15) is 8.42 Å². The summed E-state index contributed by atoms with van der Waals surface area (Å²) in [6.07, 6.45) is 1.60. The molecule has 0 saturated carbocycles. The number of thiophene rings is 1. The molecule has 2 aromatic heterocycles. The third kappa shape index (κ3) is 3.50. The first-order valence-electron chi connectivity index (χ1n) is 5.93. The third-order valence-corrected chi connectivity index (χ3v) is 5.70. The highest BCUT2D eigenvalue weighted by Gasteiger charge is 2.19. The van der Waals surface area contributed by atoms with E-state index in [-0.39, 0.29) is 9.62 Å². The van der Waals surface area contributed by atoms with Crippen molar-refractivity contribution in [2.45, 2.75) is 30.4 Å². The predicted molar refractivity (Wildman–Crippen MR) is 83.1 cm³/mol. The second-order valence-corrected chi connectivity index (χ2v) is 8.97.